The predicted octanol–water partition coefficient (Wildman–Crippen LogP) is 3.90. The first-order valence-corrected chi connectivity index (χ1v) is 10.6. The summed E-state index contributed by atoms with van der Waals surface area (Å²) in [4.78, 5) is 14.9. The molecular formula is C24H30N2O2. The molecule has 4 heteroatoms. The van der Waals surface area contributed by atoms with Crippen molar-refractivity contribution >= 4 is 11.6 Å². The van der Waals surface area contributed by atoms with E-state index >= 15 is 0 Å². The fraction of sp³-hybridized carbons (Fsp3) is 0.458. The molecule has 1 atom stereocenters. The van der Waals surface area contributed by atoms with Crippen molar-refractivity contribution in [2.24, 2.45) is 0 Å². The van der Waals surface area contributed by atoms with Crippen molar-refractivity contribution in [2.45, 2.75) is 51.6 Å². The van der Waals surface area contributed by atoms with Crippen LogP contribution in [-0.4, -0.2) is 31.6 Å². The van der Waals surface area contributed by atoms with Gasteiger partial charge in [0.05, 0.1) is 0 Å². The van der Waals surface area contributed by atoms with Gasteiger partial charge in [0, 0.05) is 25.3 Å². The molecule has 148 valence electrons. The van der Waals surface area contributed by atoms with Crippen molar-refractivity contribution in [3.05, 3.63) is 59.2 Å². The average Bonchev–Trinajstić information content (AvgIpc) is 3.14. The third kappa shape index (κ3) is 4.16. The van der Waals surface area contributed by atoms with Gasteiger partial charge in [0.1, 0.15) is 5.75 Å². The fourth-order valence-electron chi connectivity index (χ4n) is 4.36. The number of hydrogen-bond acceptors (Lipinski definition) is 3. The molecule has 0 bridgehead atoms. The van der Waals surface area contributed by atoms with Gasteiger partial charge < -0.3 is 15.0 Å². The van der Waals surface area contributed by atoms with Crippen molar-refractivity contribution in [2.75, 3.05) is 24.5 Å². The maximum Gasteiger partial charge on any atom is 0.260 e. The van der Waals surface area contributed by atoms with E-state index in [9.17, 15) is 4.79 Å². The molecule has 0 aromatic heterocycles. The summed E-state index contributed by atoms with van der Waals surface area (Å²) in [5.74, 6) is 0.851. The summed E-state index contributed by atoms with van der Waals surface area (Å²) in [6.45, 7) is 4.57. The second-order valence-corrected chi connectivity index (χ2v) is 7.87. The molecule has 1 aliphatic heterocycles. The molecule has 4 nitrogen and oxygen atoms in total. The van der Waals surface area contributed by atoms with Crippen LogP contribution in [0, 0.1) is 0 Å². The van der Waals surface area contributed by atoms with Crippen LogP contribution in [0.5, 0.6) is 5.75 Å². The lowest BCUT2D eigenvalue weighted by molar-refractivity contribution is -0.127. The third-order valence-corrected chi connectivity index (χ3v) is 5.91. The smallest absolute Gasteiger partial charge is 0.260 e. The number of fused-ring (bicyclic) bond motifs is 2. The Morgan fingerprint density at radius 2 is 1.89 bits per heavy atom. The number of amides is 1. The molecular weight excluding hydrogens is 348 g/mol. The minimum absolute atomic E-state index is 0.0322. The van der Waals surface area contributed by atoms with Gasteiger partial charge >= 0.3 is 0 Å². The van der Waals surface area contributed by atoms with Crippen molar-refractivity contribution < 1.29 is 9.53 Å². The normalized spacial score (nSPS) is 16.2. The van der Waals surface area contributed by atoms with Crippen LogP contribution in [0.3, 0.4) is 0 Å². The van der Waals surface area contributed by atoms with Crippen LogP contribution in [0.15, 0.2) is 42.5 Å². The minimum Gasteiger partial charge on any atom is -0.481 e. The molecule has 1 unspecified atom stereocenters. The molecule has 0 saturated heterocycles. The molecule has 1 amide bonds. The molecule has 0 fully saturated rings. The van der Waals surface area contributed by atoms with Crippen molar-refractivity contribution in [1.29, 1.82) is 0 Å². The molecule has 2 aliphatic rings. The van der Waals surface area contributed by atoms with Crippen LogP contribution in [0.4, 0.5) is 5.69 Å². The molecule has 2 aromatic carbocycles. The summed E-state index contributed by atoms with van der Waals surface area (Å²) < 4.78 is 6.03. The van der Waals surface area contributed by atoms with Crippen molar-refractivity contribution in [3.63, 3.8) is 0 Å². The summed E-state index contributed by atoms with van der Waals surface area (Å²) in [6, 6.07) is 14.8. The van der Waals surface area contributed by atoms with Gasteiger partial charge in [-0.1, -0.05) is 30.3 Å². The number of benzene rings is 2. The molecule has 4 rings (SSSR count). The highest BCUT2D eigenvalue weighted by Crippen LogP contribution is 2.30. The van der Waals surface area contributed by atoms with Crippen LogP contribution < -0.4 is 15.0 Å². The molecule has 1 N–H and O–H groups in total. The minimum atomic E-state index is -0.471. The zero-order valence-electron chi connectivity index (χ0n) is 16.7. The van der Waals surface area contributed by atoms with Crippen LogP contribution in [0.2, 0.25) is 0 Å². The van der Waals surface area contributed by atoms with E-state index in [0.717, 1.165) is 44.5 Å². The van der Waals surface area contributed by atoms with Gasteiger partial charge in [0.25, 0.3) is 5.91 Å². The Bertz CT molecular complexity index is 833. The van der Waals surface area contributed by atoms with E-state index in [-0.39, 0.29) is 5.91 Å². The summed E-state index contributed by atoms with van der Waals surface area (Å²) in [5.41, 5.74) is 5.45. The van der Waals surface area contributed by atoms with E-state index in [1.165, 1.54) is 35.2 Å². The Morgan fingerprint density at radius 3 is 2.82 bits per heavy atom. The number of nitrogens with one attached hydrogen (secondary N) is 1. The Balaban J connectivity index is 1.23. The molecule has 0 saturated carbocycles. The van der Waals surface area contributed by atoms with Crippen molar-refractivity contribution in [3.8, 4) is 5.75 Å². The van der Waals surface area contributed by atoms with Crippen molar-refractivity contribution in [1.82, 2.24) is 5.32 Å². The first-order valence-electron chi connectivity index (χ1n) is 10.6. The standard InChI is InChI=1S/C24H30N2O2/c1-18(28-23-13-6-10-19-8-2-4-11-21(19)23)24(27)25-15-7-16-26-17-14-20-9-3-5-12-22(20)26/h3,5-6,9-10,12-13,18H,2,4,7-8,11,14-17H2,1H3,(H,25,27). The monoisotopic (exact) mass is 378 g/mol. The number of aryl methyl sites for hydroxylation is 1. The topological polar surface area (TPSA) is 41.6 Å². The van der Waals surface area contributed by atoms with Gasteiger partial charge in [-0.05, 0) is 74.3 Å². The maximum atomic E-state index is 12.5. The second kappa shape index (κ2) is 8.68. The largest absolute Gasteiger partial charge is 0.481 e. The first kappa shape index (κ1) is 18.9. The fourth-order valence-corrected chi connectivity index (χ4v) is 4.36. The molecule has 28 heavy (non-hydrogen) atoms. The Kier molecular flexibility index (Phi) is 5.84. The number of ether oxygens (including phenoxy) is 1. The quantitative estimate of drug-likeness (QED) is 0.743. The van der Waals surface area contributed by atoms with E-state index < -0.39 is 6.10 Å². The lowest BCUT2D eigenvalue weighted by atomic mass is 9.91. The maximum absolute atomic E-state index is 12.5. The molecule has 2 aromatic rings. The Labute approximate surface area is 167 Å². The summed E-state index contributed by atoms with van der Waals surface area (Å²) in [7, 11) is 0. The van der Waals surface area contributed by atoms with Gasteiger partial charge in [-0.2, -0.15) is 0 Å². The Morgan fingerprint density at radius 1 is 1.07 bits per heavy atom. The number of nitrogens with zero attached hydrogens (tertiary/aromatic N) is 1. The lowest BCUT2D eigenvalue weighted by Gasteiger charge is -2.22. The van der Waals surface area contributed by atoms with Crippen LogP contribution in [-0.2, 0) is 24.1 Å². The van der Waals surface area contributed by atoms with E-state index in [4.69, 9.17) is 4.74 Å². The van der Waals surface area contributed by atoms with E-state index in [2.05, 4.69) is 40.5 Å². The predicted molar refractivity (Wildman–Crippen MR) is 113 cm³/mol. The van der Waals surface area contributed by atoms with Gasteiger partial charge in [0.15, 0.2) is 6.10 Å². The van der Waals surface area contributed by atoms with Gasteiger partial charge in [-0.15, -0.1) is 0 Å². The zero-order chi connectivity index (χ0) is 19.3. The number of rotatable bonds is 7. The van der Waals surface area contributed by atoms with Crippen LogP contribution in [0.1, 0.15) is 42.9 Å². The van der Waals surface area contributed by atoms with E-state index in [1.807, 2.05) is 19.1 Å². The summed E-state index contributed by atoms with van der Waals surface area (Å²) in [6.07, 6.45) is 6.20. The van der Waals surface area contributed by atoms with Gasteiger partial charge in [0.2, 0.25) is 0 Å². The highest BCUT2D eigenvalue weighted by molar-refractivity contribution is 5.80. The third-order valence-electron chi connectivity index (χ3n) is 5.91. The van der Waals surface area contributed by atoms with Gasteiger partial charge in [-0.3, -0.25) is 4.79 Å². The molecule has 0 spiro atoms. The molecule has 1 heterocycles. The first-order chi connectivity index (χ1) is 13.7. The SMILES string of the molecule is CC(Oc1cccc2c1CCCC2)C(=O)NCCCN1CCc2ccccc21. The number of hydrogen-bond donors (Lipinski definition) is 1. The lowest BCUT2D eigenvalue weighted by Crippen LogP contribution is -2.38. The highest BCUT2D eigenvalue weighted by atomic mass is 16.5. The summed E-state index contributed by atoms with van der Waals surface area (Å²) >= 11 is 0. The van der Waals surface area contributed by atoms with E-state index in [1.54, 1.807) is 0 Å². The highest BCUT2D eigenvalue weighted by Gasteiger charge is 2.20. The number of para-hydroxylation sites is 1. The van der Waals surface area contributed by atoms with Crippen LogP contribution >= 0.6 is 0 Å². The molecule has 1 aliphatic carbocycles. The summed E-state index contributed by atoms with van der Waals surface area (Å²) in [5, 5.41) is 3.04. The number of carbonyl (C=O) groups is 1. The number of anilines is 1. The van der Waals surface area contributed by atoms with E-state index in [0.29, 0.717) is 6.54 Å². The van der Waals surface area contributed by atoms with Gasteiger partial charge in [-0.25, -0.2) is 0 Å². The second-order valence-electron chi connectivity index (χ2n) is 7.87. The molecule has 0 radical (unpaired) electrons. The zero-order valence-corrected chi connectivity index (χ0v) is 16.7. The number of carbonyl (C=O) groups excluding carboxylic acids is 1. The van der Waals surface area contributed by atoms with Crippen LogP contribution in [0.25, 0.3) is 0 Å². The average molecular weight is 379 g/mol. The Hall–Kier alpha value is -2.49.